The highest BCUT2D eigenvalue weighted by atomic mass is 125. The van der Waals surface area contributed by atoms with Crippen molar-refractivity contribution in [3.63, 3.8) is 0 Å². The van der Waals surface area contributed by atoms with Gasteiger partial charge in [0.15, 0.2) is 0 Å². The summed E-state index contributed by atoms with van der Waals surface area (Å²) >= 11 is 2.17. The molecule has 1 heterocycles. The van der Waals surface area contributed by atoms with Crippen molar-refractivity contribution in [2.24, 2.45) is 4.99 Å². The van der Waals surface area contributed by atoms with Crippen LogP contribution in [0.4, 0.5) is 16.2 Å². The summed E-state index contributed by atoms with van der Waals surface area (Å²) in [5.41, 5.74) is 3.75. The third-order valence-corrected chi connectivity index (χ3v) is 5.41. The van der Waals surface area contributed by atoms with E-state index < -0.39 is 12.2 Å². The zero-order valence-corrected chi connectivity index (χ0v) is 18.3. The van der Waals surface area contributed by atoms with Gasteiger partial charge in [0.05, 0.1) is 11.4 Å². The second-order valence-corrected chi connectivity index (χ2v) is 8.02. The van der Waals surface area contributed by atoms with Gasteiger partial charge in [-0.05, 0) is 46.9 Å². The van der Waals surface area contributed by atoms with Crippen LogP contribution >= 0.6 is 22.6 Å². The molecule has 0 unspecified atom stereocenters. The van der Waals surface area contributed by atoms with Gasteiger partial charge >= 0.3 is 6.03 Å². The van der Waals surface area contributed by atoms with Gasteiger partial charge in [-0.1, -0.05) is 54.6 Å². The Morgan fingerprint density at radius 2 is 1.73 bits per heavy atom. The zero-order valence-electron chi connectivity index (χ0n) is 16.2. The number of aliphatic imine (C=N–C) groups is 1. The van der Waals surface area contributed by atoms with Gasteiger partial charge in [0.1, 0.15) is 0 Å². The van der Waals surface area contributed by atoms with Crippen LogP contribution in [0.5, 0.6) is 0 Å². The Hall–Kier alpha value is -3.20. The van der Waals surface area contributed by atoms with Crippen molar-refractivity contribution < 1.29 is 9.59 Å². The van der Waals surface area contributed by atoms with Crippen LogP contribution in [0.15, 0.2) is 83.9 Å². The number of carbonyl (C=O) groups is 2. The number of halogens is 1. The number of nitrogens with one attached hydrogen (secondary N) is 2. The van der Waals surface area contributed by atoms with E-state index in [0.29, 0.717) is 11.4 Å². The van der Waals surface area contributed by atoms with Crippen LogP contribution in [0.1, 0.15) is 11.1 Å². The summed E-state index contributed by atoms with van der Waals surface area (Å²) in [6.07, 6.45) is -1.06. The highest BCUT2D eigenvalue weighted by molar-refractivity contribution is 14.1. The van der Waals surface area contributed by atoms with Crippen LogP contribution in [0.3, 0.4) is 0 Å². The highest BCUT2D eigenvalue weighted by Gasteiger charge is 2.30. The Balaban J connectivity index is 1.69. The Morgan fingerprint density at radius 3 is 2.50 bits per heavy atom. The first-order valence-corrected chi connectivity index (χ1v) is 10.4. The molecule has 0 aliphatic carbocycles. The second-order valence-electron chi connectivity index (χ2n) is 6.77. The molecule has 0 radical (unpaired) electrons. The summed E-state index contributed by atoms with van der Waals surface area (Å²) in [4.78, 5) is 31.9. The molecule has 1 atom stereocenters. The summed E-state index contributed by atoms with van der Waals surface area (Å²) in [5, 5.41) is 5.48. The van der Waals surface area contributed by atoms with Crippen molar-refractivity contribution >= 4 is 51.6 Å². The Kier molecular flexibility index (Phi) is 5.80. The number of benzene rings is 3. The summed E-state index contributed by atoms with van der Waals surface area (Å²) in [6, 6.07) is 24.2. The van der Waals surface area contributed by atoms with Crippen LogP contribution in [0.2, 0.25) is 0 Å². The molecular formula is C23H19IN4O2. The molecule has 0 bridgehead atoms. The molecule has 3 aromatic rings. The van der Waals surface area contributed by atoms with Crippen molar-refractivity contribution in [3.05, 3.63) is 93.6 Å². The number of amides is 3. The molecule has 0 spiro atoms. The number of rotatable bonds is 3. The fourth-order valence-electron chi connectivity index (χ4n) is 3.30. The molecule has 7 heteroatoms. The van der Waals surface area contributed by atoms with Gasteiger partial charge in [0, 0.05) is 27.4 Å². The molecular weight excluding hydrogens is 489 g/mol. The van der Waals surface area contributed by atoms with E-state index >= 15 is 0 Å². The van der Waals surface area contributed by atoms with Crippen molar-refractivity contribution in [2.75, 3.05) is 17.3 Å². The molecule has 3 amide bonds. The molecule has 3 aromatic carbocycles. The molecule has 30 heavy (non-hydrogen) atoms. The van der Waals surface area contributed by atoms with Crippen LogP contribution in [0.25, 0.3) is 0 Å². The molecule has 1 aliphatic rings. The molecule has 150 valence electrons. The monoisotopic (exact) mass is 508 g/mol. The van der Waals surface area contributed by atoms with Crippen molar-refractivity contribution in [1.82, 2.24) is 5.32 Å². The quantitative estimate of drug-likeness (QED) is 0.520. The minimum absolute atomic E-state index is 0.314. The number of anilines is 2. The average Bonchev–Trinajstić information content (AvgIpc) is 2.85. The summed E-state index contributed by atoms with van der Waals surface area (Å²) in [6.45, 7) is 0. The number of nitrogens with zero attached hydrogens (tertiary/aromatic N) is 2. The minimum atomic E-state index is -1.06. The number of benzodiazepines with no additional fused rings is 1. The lowest BCUT2D eigenvalue weighted by Crippen LogP contribution is -2.47. The molecule has 0 saturated heterocycles. The lowest BCUT2D eigenvalue weighted by atomic mass is 10.0. The van der Waals surface area contributed by atoms with Gasteiger partial charge in [0.25, 0.3) is 5.91 Å². The maximum atomic E-state index is 13.1. The van der Waals surface area contributed by atoms with E-state index in [1.54, 1.807) is 13.1 Å². The maximum absolute atomic E-state index is 13.1. The first-order chi connectivity index (χ1) is 14.5. The van der Waals surface area contributed by atoms with Gasteiger partial charge in [-0.15, -0.1) is 0 Å². The molecule has 0 fully saturated rings. The topological polar surface area (TPSA) is 73.8 Å². The third-order valence-electron chi connectivity index (χ3n) is 4.74. The summed E-state index contributed by atoms with van der Waals surface area (Å²) in [7, 11) is 1.69. The lowest BCUT2D eigenvalue weighted by Gasteiger charge is -2.21. The highest BCUT2D eigenvalue weighted by Crippen LogP contribution is 2.27. The van der Waals surface area contributed by atoms with E-state index in [9.17, 15) is 9.59 Å². The number of urea groups is 1. The van der Waals surface area contributed by atoms with E-state index in [0.717, 1.165) is 20.4 Å². The van der Waals surface area contributed by atoms with Crippen LogP contribution in [-0.2, 0) is 4.79 Å². The van der Waals surface area contributed by atoms with Crippen LogP contribution < -0.4 is 15.5 Å². The Labute approximate surface area is 188 Å². The number of hydrogen-bond donors (Lipinski definition) is 2. The first-order valence-electron chi connectivity index (χ1n) is 9.36. The fourth-order valence-corrected chi connectivity index (χ4v) is 3.84. The normalized spacial score (nSPS) is 15.7. The molecule has 0 aromatic heterocycles. The Bertz CT molecular complexity index is 1130. The van der Waals surface area contributed by atoms with Gasteiger partial charge in [-0.3, -0.25) is 4.79 Å². The van der Waals surface area contributed by atoms with Gasteiger partial charge < -0.3 is 15.5 Å². The van der Waals surface area contributed by atoms with E-state index in [4.69, 9.17) is 0 Å². The molecule has 0 saturated carbocycles. The van der Waals surface area contributed by atoms with Gasteiger partial charge in [-0.2, -0.15) is 0 Å². The van der Waals surface area contributed by atoms with E-state index in [1.807, 2.05) is 72.8 Å². The summed E-state index contributed by atoms with van der Waals surface area (Å²) in [5.74, 6) is -0.314. The number of para-hydroxylation sites is 1. The smallest absolute Gasteiger partial charge is 0.311 e. The van der Waals surface area contributed by atoms with Crippen molar-refractivity contribution in [1.29, 1.82) is 0 Å². The lowest BCUT2D eigenvalue weighted by molar-refractivity contribution is -0.119. The largest absolute Gasteiger partial charge is 0.321 e. The zero-order chi connectivity index (χ0) is 21.1. The van der Waals surface area contributed by atoms with Crippen LogP contribution in [-0.4, -0.2) is 30.9 Å². The molecule has 2 N–H and O–H groups in total. The Morgan fingerprint density at radius 1 is 1.00 bits per heavy atom. The van der Waals surface area contributed by atoms with E-state index in [2.05, 4.69) is 38.2 Å². The molecule has 6 nitrogen and oxygen atoms in total. The number of hydrogen-bond acceptors (Lipinski definition) is 3. The minimum Gasteiger partial charge on any atom is -0.311 e. The van der Waals surface area contributed by atoms with Crippen LogP contribution in [0, 0.1) is 3.57 Å². The fraction of sp³-hybridized carbons (Fsp3) is 0.0870. The average molecular weight is 508 g/mol. The predicted octanol–water partition coefficient (Wildman–Crippen LogP) is 4.25. The van der Waals surface area contributed by atoms with Gasteiger partial charge in [-0.25, -0.2) is 9.79 Å². The first kappa shape index (κ1) is 20.1. The van der Waals surface area contributed by atoms with Crippen molar-refractivity contribution in [2.45, 2.75) is 6.17 Å². The number of carbonyl (C=O) groups excluding carboxylic acids is 2. The van der Waals surface area contributed by atoms with Gasteiger partial charge in [0.2, 0.25) is 6.17 Å². The molecule has 4 rings (SSSR count). The third kappa shape index (κ3) is 4.20. The number of likely N-dealkylation sites (N-methyl/N-ethyl adjacent to an activating group) is 1. The predicted molar refractivity (Wildman–Crippen MR) is 127 cm³/mol. The summed E-state index contributed by atoms with van der Waals surface area (Å²) < 4.78 is 0.996. The standard InChI is InChI=1S/C23H19IN4O2/c1-28-19-13-6-5-12-18(19)20(15-8-3-2-4-9-15)26-21(22(28)29)27-23(30)25-17-11-7-10-16(24)14-17/h2-14,21H,1H3,(H2,25,27,30)/t21-/m1/s1/i24-2. The molecule has 1 aliphatic heterocycles. The number of fused-ring (bicyclic) bond motifs is 1. The van der Waals surface area contributed by atoms with Crippen molar-refractivity contribution in [3.8, 4) is 0 Å². The second kappa shape index (κ2) is 8.66. The van der Waals surface area contributed by atoms with E-state index in [-0.39, 0.29) is 5.91 Å². The maximum Gasteiger partial charge on any atom is 0.321 e. The SMILES string of the molecule is CN1C(=O)[C@@H](NC(=O)Nc2cccc([125I])c2)N=C(c2ccccc2)c2ccccc21. The van der Waals surface area contributed by atoms with E-state index in [1.165, 1.54) is 4.90 Å².